The summed E-state index contributed by atoms with van der Waals surface area (Å²) in [6.45, 7) is 0. The molecule has 0 aliphatic rings. The average molecular weight is 397 g/mol. The van der Waals surface area contributed by atoms with Crippen LogP contribution in [0.3, 0.4) is 0 Å². The Kier molecular flexibility index (Phi) is 4.32. The van der Waals surface area contributed by atoms with Crippen LogP contribution < -0.4 is 10.3 Å². The number of benzene rings is 2. The van der Waals surface area contributed by atoms with E-state index < -0.39 is 5.56 Å². The molecule has 0 aliphatic carbocycles. The summed E-state index contributed by atoms with van der Waals surface area (Å²) in [5, 5.41) is 13.3. The van der Waals surface area contributed by atoms with E-state index in [-0.39, 0.29) is 17.0 Å². The van der Waals surface area contributed by atoms with E-state index >= 15 is 0 Å². The van der Waals surface area contributed by atoms with Crippen molar-refractivity contribution in [1.29, 1.82) is 5.26 Å². The maximum atomic E-state index is 12.8. The van der Waals surface area contributed by atoms with Gasteiger partial charge in [0.2, 0.25) is 5.75 Å². The van der Waals surface area contributed by atoms with E-state index in [1.165, 1.54) is 6.20 Å². The van der Waals surface area contributed by atoms with Crippen molar-refractivity contribution in [3.63, 3.8) is 0 Å². The number of nitrogens with zero attached hydrogens (tertiary/aromatic N) is 3. The van der Waals surface area contributed by atoms with Crippen LogP contribution >= 0.6 is 23.2 Å². The third-order valence-electron chi connectivity index (χ3n) is 3.91. The maximum absolute atomic E-state index is 12.8. The zero-order chi connectivity index (χ0) is 19.0. The highest BCUT2D eigenvalue weighted by atomic mass is 35.5. The number of ether oxygens (including phenoxy) is 1. The highest BCUT2D eigenvalue weighted by molar-refractivity contribution is 6.36. The summed E-state index contributed by atoms with van der Waals surface area (Å²) < 4.78 is 6.77. The van der Waals surface area contributed by atoms with Gasteiger partial charge in [-0.25, -0.2) is 4.98 Å². The Morgan fingerprint density at radius 3 is 2.63 bits per heavy atom. The topological polar surface area (TPSA) is 83.2 Å². The fourth-order valence-corrected chi connectivity index (χ4v) is 3.18. The first-order chi connectivity index (χ1) is 13.1. The summed E-state index contributed by atoms with van der Waals surface area (Å²) in [6, 6.07) is 15.8. The molecule has 0 atom stereocenters. The molecule has 8 heteroatoms. The van der Waals surface area contributed by atoms with Crippen LogP contribution in [0.15, 0.2) is 59.5 Å². The van der Waals surface area contributed by atoms with Crippen molar-refractivity contribution in [2.24, 2.45) is 0 Å². The summed E-state index contributed by atoms with van der Waals surface area (Å²) in [6.07, 6.45) is 1.30. The lowest BCUT2D eigenvalue weighted by Gasteiger charge is -2.04. The largest absolute Gasteiger partial charge is 0.450 e. The van der Waals surface area contributed by atoms with Crippen molar-refractivity contribution in [3.8, 4) is 28.8 Å². The van der Waals surface area contributed by atoms with E-state index in [1.807, 2.05) is 6.07 Å². The first-order valence-electron chi connectivity index (χ1n) is 7.80. The number of nitriles is 1. The van der Waals surface area contributed by atoms with E-state index in [0.717, 1.165) is 4.52 Å². The number of hydrogen-bond donors (Lipinski definition) is 1. The number of aromatic amines is 1. The van der Waals surface area contributed by atoms with Gasteiger partial charge in [-0.2, -0.15) is 9.78 Å². The zero-order valence-corrected chi connectivity index (χ0v) is 15.1. The number of fused-ring (bicyclic) bond motifs is 1. The summed E-state index contributed by atoms with van der Waals surface area (Å²) >= 11 is 12.2. The van der Waals surface area contributed by atoms with Gasteiger partial charge < -0.3 is 4.74 Å². The van der Waals surface area contributed by atoms with Crippen LogP contribution in [0.25, 0.3) is 16.9 Å². The predicted octanol–water partition coefficient (Wildman–Crippen LogP) is 4.66. The minimum atomic E-state index is -0.475. The Bertz CT molecular complexity index is 1260. The van der Waals surface area contributed by atoms with Gasteiger partial charge in [-0.05, 0) is 30.3 Å². The zero-order valence-electron chi connectivity index (χ0n) is 13.6. The lowest BCUT2D eigenvalue weighted by molar-refractivity contribution is 0.469. The van der Waals surface area contributed by atoms with E-state index in [4.69, 9.17) is 27.9 Å². The minimum absolute atomic E-state index is 0.0261. The van der Waals surface area contributed by atoms with Crippen molar-refractivity contribution in [1.82, 2.24) is 14.6 Å². The van der Waals surface area contributed by atoms with Crippen molar-refractivity contribution < 1.29 is 4.74 Å². The summed E-state index contributed by atoms with van der Waals surface area (Å²) in [7, 11) is 0. The van der Waals surface area contributed by atoms with Crippen LogP contribution in [-0.2, 0) is 0 Å². The Balaban J connectivity index is 1.89. The number of hydrogen-bond acceptors (Lipinski definition) is 4. The summed E-state index contributed by atoms with van der Waals surface area (Å²) in [4.78, 5) is 17.0. The summed E-state index contributed by atoms with van der Waals surface area (Å²) in [5.41, 5.74) is 0.817. The molecule has 27 heavy (non-hydrogen) atoms. The lowest BCUT2D eigenvalue weighted by atomic mass is 10.1. The molecule has 4 aromatic rings. The molecule has 0 spiro atoms. The second kappa shape index (κ2) is 6.80. The third kappa shape index (κ3) is 3.04. The molecule has 2 aromatic heterocycles. The number of nitrogens with one attached hydrogen (secondary N) is 1. The molecule has 0 saturated carbocycles. The molecule has 1 N–H and O–H groups in total. The monoisotopic (exact) mass is 396 g/mol. The van der Waals surface area contributed by atoms with Gasteiger partial charge in [-0.1, -0.05) is 41.4 Å². The highest BCUT2D eigenvalue weighted by Crippen LogP contribution is 2.32. The minimum Gasteiger partial charge on any atom is -0.450 e. The van der Waals surface area contributed by atoms with Gasteiger partial charge in [0.15, 0.2) is 5.65 Å². The number of para-hydroxylation sites is 1. The Labute approximate surface area is 163 Å². The number of halogens is 2. The lowest BCUT2D eigenvalue weighted by Crippen LogP contribution is -2.16. The van der Waals surface area contributed by atoms with Crippen LogP contribution in [0.2, 0.25) is 10.0 Å². The fourth-order valence-electron chi connectivity index (χ4n) is 2.68. The van der Waals surface area contributed by atoms with Gasteiger partial charge in [0, 0.05) is 10.6 Å². The van der Waals surface area contributed by atoms with Gasteiger partial charge in [0.1, 0.15) is 17.4 Å². The number of H-pyrrole nitrogens is 1. The second-order valence-electron chi connectivity index (χ2n) is 5.60. The molecule has 0 amide bonds. The smallest absolute Gasteiger partial charge is 0.315 e. The normalized spacial score (nSPS) is 10.7. The molecule has 4 rings (SSSR count). The SMILES string of the molecule is N#Cc1c(-c2ccc(Cl)cc2Cl)[nH]n2c(=O)c(Oc3ccccc3)cnc12. The average Bonchev–Trinajstić information content (AvgIpc) is 3.04. The molecule has 132 valence electrons. The molecule has 0 radical (unpaired) electrons. The Hall–Kier alpha value is -3.27. The molecule has 0 bridgehead atoms. The van der Waals surface area contributed by atoms with Crippen molar-refractivity contribution >= 4 is 28.8 Å². The molecule has 0 fully saturated rings. The van der Waals surface area contributed by atoms with Crippen molar-refractivity contribution in [2.75, 3.05) is 0 Å². The first-order valence-corrected chi connectivity index (χ1v) is 8.56. The van der Waals surface area contributed by atoms with E-state index in [1.54, 1.807) is 42.5 Å². The molecular weight excluding hydrogens is 387 g/mol. The van der Waals surface area contributed by atoms with Crippen LogP contribution in [0.4, 0.5) is 0 Å². The predicted molar refractivity (Wildman–Crippen MR) is 102 cm³/mol. The molecule has 0 aliphatic heterocycles. The van der Waals surface area contributed by atoms with Gasteiger partial charge >= 0.3 is 5.56 Å². The van der Waals surface area contributed by atoms with Crippen LogP contribution in [0, 0.1) is 11.3 Å². The van der Waals surface area contributed by atoms with E-state index in [2.05, 4.69) is 16.2 Å². The van der Waals surface area contributed by atoms with Gasteiger partial charge in [0.05, 0.1) is 16.9 Å². The van der Waals surface area contributed by atoms with Crippen molar-refractivity contribution in [3.05, 3.63) is 80.7 Å². The standard InChI is InChI=1S/C19H10Cl2N4O2/c20-11-6-7-13(15(21)8-11)17-14(9-22)18-23-10-16(19(26)25(18)24-17)27-12-4-2-1-3-5-12/h1-8,10,24H. The third-order valence-corrected chi connectivity index (χ3v) is 4.46. The Morgan fingerprint density at radius 2 is 1.93 bits per heavy atom. The first kappa shape index (κ1) is 17.2. The van der Waals surface area contributed by atoms with Crippen LogP contribution in [-0.4, -0.2) is 14.6 Å². The molecule has 0 saturated heterocycles. The molecule has 6 nitrogen and oxygen atoms in total. The molecule has 2 aromatic carbocycles. The second-order valence-corrected chi connectivity index (χ2v) is 6.44. The maximum Gasteiger partial charge on any atom is 0.315 e. The molecule has 2 heterocycles. The number of rotatable bonds is 3. The van der Waals surface area contributed by atoms with E-state index in [0.29, 0.717) is 27.1 Å². The Morgan fingerprint density at radius 1 is 1.15 bits per heavy atom. The fraction of sp³-hybridized carbons (Fsp3) is 0. The highest BCUT2D eigenvalue weighted by Gasteiger charge is 2.19. The van der Waals surface area contributed by atoms with Crippen molar-refractivity contribution in [2.45, 2.75) is 0 Å². The van der Waals surface area contributed by atoms with Gasteiger partial charge in [-0.3, -0.25) is 9.89 Å². The van der Waals surface area contributed by atoms with Gasteiger partial charge in [0.25, 0.3) is 0 Å². The molecule has 0 unspecified atom stereocenters. The summed E-state index contributed by atoms with van der Waals surface area (Å²) in [5.74, 6) is 0.530. The van der Waals surface area contributed by atoms with E-state index in [9.17, 15) is 10.1 Å². The van der Waals surface area contributed by atoms with Gasteiger partial charge in [-0.15, -0.1) is 0 Å². The quantitative estimate of drug-likeness (QED) is 0.545. The van der Waals surface area contributed by atoms with Crippen LogP contribution in [0.1, 0.15) is 5.56 Å². The number of aromatic nitrogens is 3. The molecular formula is C19H10Cl2N4O2. The van der Waals surface area contributed by atoms with Crippen LogP contribution in [0.5, 0.6) is 11.5 Å².